The van der Waals surface area contributed by atoms with Gasteiger partial charge in [0, 0.05) is 0 Å². The van der Waals surface area contributed by atoms with E-state index in [9.17, 15) is 0 Å². The molecule has 0 bridgehead atoms. The Bertz CT molecular complexity index is 620. The zero-order valence-corrected chi connectivity index (χ0v) is 19.0. The van der Waals surface area contributed by atoms with Crippen molar-refractivity contribution in [2.24, 2.45) is 0 Å². The molecule has 0 spiro atoms. The Morgan fingerprint density at radius 2 is 1.33 bits per heavy atom. The number of hydrogen-bond acceptors (Lipinski definition) is 1. The fourth-order valence-corrected chi connectivity index (χ4v) is 6.60. The maximum atomic E-state index is 6.05. The zero-order chi connectivity index (χ0) is 17.8. The molecular formula is C21H28OSe2. The zero-order valence-electron chi connectivity index (χ0n) is 15.6. The van der Waals surface area contributed by atoms with E-state index in [2.05, 4.69) is 90.1 Å². The van der Waals surface area contributed by atoms with Gasteiger partial charge in [0.2, 0.25) is 0 Å². The molecule has 0 amide bonds. The first-order chi connectivity index (χ1) is 11.2. The van der Waals surface area contributed by atoms with Crippen molar-refractivity contribution in [3.05, 3.63) is 65.2 Å². The second-order valence-corrected chi connectivity index (χ2v) is 13.6. The SMILES string of the molecule is CC(C)(C)c1cc(CO[Se][Se]c2ccccc2)cc(C(C)(C)C)c1. The molecule has 0 aliphatic heterocycles. The van der Waals surface area contributed by atoms with Crippen molar-refractivity contribution in [1.82, 2.24) is 0 Å². The van der Waals surface area contributed by atoms with Gasteiger partial charge in [-0.3, -0.25) is 0 Å². The summed E-state index contributed by atoms with van der Waals surface area (Å²) in [6.07, 6.45) is 0. The average molecular weight is 454 g/mol. The van der Waals surface area contributed by atoms with E-state index < -0.39 is 0 Å². The average Bonchev–Trinajstić information content (AvgIpc) is 2.51. The summed E-state index contributed by atoms with van der Waals surface area (Å²) in [5.41, 5.74) is 4.42. The quantitative estimate of drug-likeness (QED) is 0.482. The van der Waals surface area contributed by atoms with Crippen LogP contribution in [0.25, 0.3) is 0 Å². The van der Waals surface area contributed by atoms with Crippen molar-refractivity contribution in [3.63, 3.8) is 0 Å². The van der Waals surface area contributed by atoms with Crippen molar-refractivity contribution < 1.29 is 3.82 Å². The molecule has 0 saturated carbocycles. The van der Waals surface area contributed by atoms with E-state index >= 15 is 0 Å². The van der Waals surface area contributed by atoms with Gasteiger partial charge >= 0.3 is 159 Å². The first kappa shape index (κ1) is 19.8. The Morgan fingerprint density at radius 3 is 1.83 bits per heavy atom. The van der Waals surface area contributed by atoms with Gasteiger partial charge < -0.3 is 0 Å². The van der Waals surface area contributed by atoms with Gasteiger partial charge in [-0.2, -0.15) is 0 Å². The van der Waals surface area contributed by atoms with Crippen molar-refractivity contribution in [2.45, 2.75) is 59.0 Å². The molecular weight excluding hydrogens is 426 g/mol. The van der Waals surface area contributed by atoms with E-state index in [1.165, 1.54) is 21.2 Å². The van der Waals surface area contributed by atoms with Crippen molar-refractivity contribution in [2.75, 3.05) is 0 Å². The van der Waals surface area contributed by atoms with Crippen molar-refractivity contribution >= 4 is 31.1 Å². The molecule has 0 aliphatic rings. The molecule has 24 heavy (non-hydrogen) atoms. The van der Waals surface area contributed by atoms with Gasteiger partial charge in [-0.15, -0.1) is 0 Å². The van der Waals surface area contributed by atoms with Crippen molar-refractivity contribution in [1.29, 1.82) is 0 Å². The van der Waals surface area contributed by atoms with Crippen molar-refractivity contribution in [3.8, 4) is 0 Å². The molecule has 0 N–H and O–H groups in total. The normalized spacial score (nSPS) is 12.4. The summed E-state index contributed by atoms with van der Waals surface area (Å²) in [6, 6.07) is 17.7. The van der Waals surface area contributed by atoms with Gasteiger partial charge in [-0.25, -0.2) is 0 Å². The fraction of sp³-hybridized carbons (Fsp3) is 0.429. The van der Waals surface area contributed by atoms with E-state index in [4.69, 9.17) is 3.82 Å². The van der Waals surface area contributed by atoms with Crippen LogP contribution in [0.2, 0.25) is 0 Å². The molecule has 0 saturated heterocycles. The maximum absolute atomic E-state index is 6.05. The molecule has 0 heterocycles. The Labute approximate surface area is 158 Å². The van der Waals surface area contributed by atoms with Crippen LogP contribution in [-0.2, 0) is 21.3 Å². The van der Waals surface area contributed by atoms with Crippen LogP contribution in [-0.4, -0.2) is 26.6 Å². The molecule has 130 valence electrons. The van der Waals surface area contributed by atoms with Crippen LogP contribution < -0.4 is 4.46 Å². The van der Waals surface area contributed by atoms with Crippen LogP contribution in [0.15, 0.2) is 48.5 Å². The van der Waals surface area contributed by atoms with Gasteiger partial charge in [0.05, 0.1) is 0 Å². The Balaban J connectivity index is 2.06. The number of rotatable bonds is 5. The van der Waals surface area contributed by atoms with Crippen LogP contribution in [0.4, 0.5) is 0 Å². The topological polar surface area (TPSA) is 9.23 Å². The van der Waals surface area contributed by atoms with Crippen LogP contribution in [0.1, 0.15) is 58.2 Å². The molecule has 1 nitrogen and oxygen atoms in total. The molecule has 0 aliphatic carbocycles. The molecule has 2 rings (SSSR count). The third-order valence-corrected chi connectivity index (χ3v) is 9.33. The first-order valence-corrected chi connectivity index (χ1v) is 14.2. The molecule has 3 heteroatoms. The fourth-order valence-electron chi connectivity index (χ4n) is 2.27. The molecule has 2 aromatic carbocycles. The summed E-state index contributed by atoms with van der Waals surface area (Å²) in [5.74, 6) is 0. The van der Waals surface area contributed by atoms with Crippen LogP contribution in [0.3, 0.4) is 0 Å². The Hall–Kier alpha value is -0.561. The second-order valence-electron chi connectivity index (χ2n) is 8.15. The summed E-state index contributed by atoms with van der Waals surface area (Å²) >= 11 is 0.691. The number of hydrogen-bond donors (Lipinski definition) is 0. The molecule has 0 atom stereocenters. The van der Waals surface area contributed by atoms with Gasteiger partial charge in [-0.05, 0) is 0 Å². The second kappa shape index (κ2) is 8.21. The third kappa shape index (κ3) is 6.06. The van der Waals surface area contributed by atoms with Gasteiger partial charge in [-0.1, -0.05) is 0 Å². The third-order valence-electron chi connectivity index (χ3n) is 3.87. The minimum absolute atomic E-state index is 0.162. The predicted molar refractivity (Wildman–Crippen MR) is 106 cm³/mol. The summed E-state index contributed by atoms with van der Waals surface area (Å²) in [4.78, 5) is 0. The molecule has 0 radical (unpaired) electrons. The Morgan fingerprint density at radius 1 is 0.792 bits per heavy atom. The van der Waals surface area contributed by atoms with E-state index in [1.807, 2.05) is 0 Å². The van der Waals surface area contributed by atoms with E-state index in [-0.39, 0.29) is 24.3 Å². The summed E-state index contributed by atoms with van der Waals surface area (Å²) in [6.45, 7) is 14.4. The molecule has 2 aromatic rings. The summed E-state index contributed by atoms with van der Waals surface area (Å²) < 4.78 is 7.47. The molecule has 0 aromatic heterocycles. The van der Waals surface area contributed by atoms with Crippen LogP contribution >= 0.6 is 0 Å². The van der Waals surface area contributed by atoms with Crippen LogP contribution in [0, 0.1) is 0 Å². The minimum atomic E-state index is 0.162. The van der Waals surface area contributed by atoms with Crippen LogP contribution in [0.5, 0.6) is 0 Å². The van der Waals surface area contributed by atoms with Gasteiger partial charge in [0.1, 0.15) is 0 Å². The number of benzene rings is 2. The van der Waals surface area contributed by atoms with E-state index in [0.29, 0.717) is 13.1 Å². The van der Waals surface area contributed by atoms with E-state index in [0.717, 1.165) is 6.61 Å². The first-order valence-electron chi connectivity index (χ1n) is 8.32. The standard InChI is InChI=1S/C21H28OSe2/c1-20(2,3)17-12-16(13-18(14-17)21(4,5)6)15-22-24-23-19-10-8-7-9-11-19/h7-14H,15H2,1-6H3. The predicted octanol–water partition coefficient (Wildman–Crippen LogP) is 4.36. The molecule has 0 fully saturated rings. The van der Waals surface area contributed by atoms with Gasteiger partial charge in [0.15, 0.2) is 0 Å². The van der Waals surface area contributed by atoms with Gasteiger partial charge in [0.25, 0.3) is 0 Å². The molecule has 0 unspecified atom stereocenters. The summed E-state index contributed by atoms with van der Waals surface area (Å²) in [7, 11) is 0. The Kier molecular flexibility index (Phi) is 6.76. The monoisotopic (exact) mass is 456 g/mol. The van der Waals surface area contributed by atoms with E-state index in [1.54, 1.807) is 0 Å². The summed E-state index contributed by atoms with van der Waals surface area (Å²) in [5, 5.41) is 0.